The van der Waals surface area contributed by atoms with Crippen LogP contribution in [0.2, 0.25) is 0 Å². The summed E-state index contributed by atoms with van der Waals surface area (Å²) >= 11 is 0. The van der Waals surface area contributed by atoms with Crippen molar-refractivity contribution in [1.29, 1.82) is 0 Å². The Hall–Kier alpha value is -2.62. The van der Waals surface area contributed by atoms with E-state index in [9.17, 15) is 9.59 Å². The summed E-state index contributed by atoms with van der Waals surface area (Å²) in [6, 6.07) is 14.8. The zero-order valence-corrected chi connectivity index (χ0v) is 15.0. The Labute approximate surface area is 149 Å². The highest BCUT2D eigenvalue weighted by Crippen LogP contribution is 2.15. The Morgan fingerprint density at radius 2 is 1.64 bits per heavy atom. The second-order valence-electron chi connectivity index (χ2n) is 6.09. The average molecular weight is 338 g/mol. The molecule has 4 nitrogen and oxygen atoms in total. The molecule has 0 atom stereocenters. The first-order valence-electron chi connectivity index (χ1n) is 8.92. The van der Waals surface area contributed by atoms with Crippen LogP contribution in [0.15, 0.2) is 48.5 Å². The van der Waals surface area contributed by atoms with E-state index >= 15 is 0 Å². The molecule has 2 aromatic carbocycles. The maximum Gasteiger partial charge on any atom is 0.255 e. The van der Waals surface area contributed by atoms with Gasteiger partial charge in [-0.15, -0.1) is 0 Å². The molecule has 0 saturated heterocycles. The lowest BCUT2D eigenvalue weighted by Crippen LogP contribution is -2.13. The molecule has 0 aromatic heterocycles. The molecule has 132 valence electrons. The molecule has 0 spiro atoms. The molecule has 25 heavy (non-hydrogen) atoms. The van der Waals surface area contributed by atoms with Crippen molar-refractivity contribution in [2.75, 3.05) is 10.6 Å². The molecule has 0 bridgehead atoms. The third-order valence-corrected chi connectivity index (χ3v) is 4.03. The Morgan fingerprint density at radius 1 is 0.880 bits per heavy atom. The number of rotatable bonds is 8. The fourth-order valence-electron chi connectivity index (χ4n) is 2.54. The molecular formula is C21H26N2O2. The van der Waals surface area contributed by atoms with E-state index in [1.165, 1.54) is 5.56 Å². The molecule has 0 saturated carbocycles. The van der Waals surface area contributed by atoms with Crippen molar-refractivity contribution in [3.05, 3.63) is 59.7 Å². The first-order chi connectivity index (χ1) is 12.1. The van der Waals surface area contributed by atoms with E-state index in [2.05, 4.69) is 24.5 Å². The Bertz CT molecular complexity index is 708. The van der Waals surface area contributed by atoms with Crippen molar-refractivity contribution < 1.29 is 9.59 Å². The summed E-state index contributed by atoms with van der Waals surface area (Å²) in [6.45, 7) is 4.19. The van der Waals surface area contributed by atoms with Crippen LogP contribution in [-0.4, -0.2) is 11.8 Å². The maximum absolute atomic E-state index is 12.3. The molecule has 2 amide bonds. The second kappa shape index (κ2) is 9.62. The van der Waals surface area contributed by atoms with E-state index in [1.54, 1.807) is 24.3 Å². The van der Waals surface area contributed by atoms with E-state index in [4.69, 9.17) is 0 Å². The number of carbonyl (C=O) groups excluding carboxylic acids is 2. The highest BCUT2D eigenvalue weighted by molar-refractivity contribution is 6.04. The van der Waals surface area contributed by atoms with Gasteiger partial charge in [0, 0.05) is 23.4 Å². The van der Waals surface area contributed by atoms with E-state index < -0.39 is 0 Å². The van der Waals surface area contributed by atoms with Gasteiger partial charge >= 0.3 is 0 Å². The molecule has 0 fully saturated rings. The van der Waals surface area contributed by atoms with Gasteiger partial charge in [0.1, 0.15) is 0 Å². The minimum atomic E-state index is -0.158. The van der Waals surface area contributed by atoms with Gasteiger partial charge in [0.05, 0.1) is 0 Å². The van der Waals surface area contributed by atoms with Crippen LogP contribution in [0.5, 0.6) is 0 Å². The van der Waals surface area contributed by atoms with Crippen molar-refractivity contribution in [3.63, 3.8) is 0 Å². The summed E-state index contributed by atoms with van der Waals surface area (Å²) < 4.78 is 0. The molecule has 2 aromatic rings. The van der Waals surface area contributed by atoms with Crippen molar-refractivity contribution in [3.8, 4) is 0 Å². The highest BCUT2D eigenvalue weighted by Gasteiger charge is 2.07. The summed E-state index contributed by atoms with van der Waals surface area (Å²) in [6.07, 6.45) is 4.52. The van der Waals surface area contributed by atoms with Gasteiger partial charge in [0.2, 0.25) is 5.91 Å². The van der Waals surface area contributed by atoms with Crippen LogP contribution in [-0.2, 0) is 11.2 Å². The lowest BCUT2D eigenvalue weighted by atomic mass is 10.1. The van der Waals surface area contributed by atoms with Gasteiger partial charge in [-0.1, -0.05) is 38.8 Å². The molecule has 0 aliphatic rings. The van der Waals surface area contributed by atoms with E-state index in [0.717, 1.165) is 31.4 Å². The summed E-state index contributed by atoms with van der Waals surface area (Å²) in [7, 11) is 0. The number of carbonyl (C=O) groups is 2. The van der Waals surface area contributed by atoms with Crippen LogP contribution in [0.1, 0.15) is 55.5 Å². The number of unbranched alkanes of at least 4 members (excludes halogenated alkanes) is 2. The molecular weight excluding hydrogens is 312 g/mol. The summed E-state index contributed by atoms with van der Waals surface area (Å²) in [4.78, 5) is 24.1. The third-order valence-electron chi connectivity index (χ3n) is 4.03. The van der Waals surface area contributed by atoms with Gasteiger partial charge in [-0.3, -0.25) is 9.59 Å². The standard InChI is InChI=1S/C21H26N2O2/c1-3-5-6-10-20(24)22-18-13-11-17(12-14-18)21(25)23-19-9-7-8-16(4-2)15-19/h7-9,11-15H,3-6,10H2,1-2H3,(H,22,24)(H,23,25). The predicted molar refractivity (Wildman–Crippen MR) is 103 cm³/mol. The number of hydrogen-bond acceptors (Lipinski definition) is 2. The molecule has 0 aliphatic heterocycles. The van der Waals surface area contributed by atoms with Gasteiger partial charge < -0.3 is 10.6 Å². The summed E-state index contributed by atoms with van der Waals surface area (Å²) in [5.74, 6) is -0.142. The van der Waals surface area contributed by atoms with Crippen molar-refractivity contribution >= 4 is 23.2 Å². The third kappa shape index (κ3) is 6.07. The Balaban J connectivity index is 1.92. The second-order valence-corrected chi connectivity index (χ2v) is 6.09. The van der Waals surface area contributed by atoms with Gasteiger partial charge in [0.15, 0.2) is 0 Å². The maximum atomic E-state index is 12.3. The predicted octanol–water partition coefficient (Wildman–Crippen LogP) is 5.02. The number of nitrogens with one attached hydrogen (secondary N) is 2. The van der Waals surface area contributed by atoms with E-state index in [0.29, 0.717) is 17.7 Å². The SMILES string of the molecule is CCCCCC(=O)Nc1ccc(C(=O)Nc2cccc(CC)c2)cc1. The Morgan fingerprint density at radius 3 is 2.32 bits per heavy atom. The number of anilines is 2. The minimum absolute atomic E-state index is 0.0158. The highest BCUT2D eigenvalue weighted by atomic mass is 16.2. The van der Waals surface area contributed by atoms with Crippen LogP contribution in [0.25, 0.3) is 0 Å². The number of hydrogen-bond donors (Lipinski definition) is 2. The number of benzene rings is 2. The summed E-state index contributed by atoms with van der Waals surface area (Å²) in [5.41, 5.74) is 3.24. The molecule has 2 rings (SSSR count). The quantitative estimate of drug-likeness (QED) is 0.664. The largest absolute Gasteiger partial charge is 0.326 e. The number of aryl methyl sites for hydroxylation is 1. The van der Waals surface area contributed by atoms with E-state index in [-0.39, 0.29) is 11.8 Å². The molecule has 0 heterocycles. The fourth-order valence-corrected chi connectivity index (χ4v) is 2.54. The van der Waals surface area contributed by atoms with Crippen molar-refractivity contribution in [2.45, 2.75) is 46.0 Å². The first kappa shape index (κ1) is 18.7. The summed E-state index contributed by atoms with van der Waals surface area (Å²) in [5, 5.41) is 5.76. The average Bonchev–Trinajstić information content (AvgIpc) is 2.62. The van der Waals surface area contributed by atoms with Gasteiger partial charge in [-0.25, -0.2) is 0 Å². The zero-order chi connectivity index (χ0) is 18.1. The van der Waals surface area contributed by atoms with Gasteiger partial charge in [-0.2, -0.15) is 0 Å². The van der Waals surface area contributed by atoms with Gasteiger partial charge in [-0.05, 0) is 54.8 Å². The smallest absolute Gasteiger partial charge is 0.255 e. The zero-order valence-electron chi connectivity index (χ0n) is 15.0. The number of amides is 2. The van der Waals surface area contributed by atoms with Crippen LogP contribution in [0, 0.1) is 0 Å². The molecule has 0 radical (unpaired) electrons. The lowest BCUT2D eigenvalue weighted by Gasteiger charge is -2.08. The molecule has 4 heteroatoms. The monoisotopic (exact) mass is 338 g/mol. The van der Waals surface area contributed by atoms with Crippen LogP contribution < -0.4 is 10.6 Å². The van der Waals surface area contributed by atoms with Gasteiger partial charge in [0.25, 0.3) is 5.91 Å². The molecule has 2 N–H and O–H groups in total. The topological polar surface area (TPSA) is 58.2 Å². The fraction of sp³-hybridized carbons (Fsp3) is 0.333. The molecule has 0 unspecified atom stereocenters. The molecule has 0 aliphatic carbocycles. The normalized spacial score (nSPS) is 10.3. The Kier molecular flexibility index (Phi) is 7.20. The lowest BCUT2D eigenvalue weighted by molar-refractivity contribution is -0.116. The first-order valence-corrected chi connectivity index (χ1v) is 8.92. The minimum Gasteiger partial charge on any atom is -0.326 e. The van der Waals surface area contributed by atoms with Crippen LogP contribution in [0.4, 0.5) is 11.4 Å². The van der Waals surface area contributed by atoms with Crippen LogP contribution in [0.3, 0.4) is 0 Å². The van der Waals surface area contributed by atoms with Crippen molar-refractivity contribution in [2.24, 2.45) is 0 Å². The van der Waals surface area contributed by atoms with Crippen molar-refractivity contribution in [1.82, 2.24) is 0 Å². The van der Waals surface area contributed by atoms with Crippen LogP contribution >= 0.6 is 0 Å². The van der Waals surface area contributed by atoms with E-state index in [1.807, 2.05) is 24.3 Å².